The third-order valence-corrected chi connectivity index (χ3v) is 4.98. The van der Waals surface area contributed by atoms with Gasteiger partial charge < -0.3 is 9.67 Å². The Kier molecular flexibility index (Phi) is 4.16. The standard InChI is InChI=1S/C20H17N7O3/c28-18-17-15(23-20(24-18)27-12-14(10-21-27)19(29)30)11-22-26(17)8-3-7-25-9-6-13-4-1-2-5-16(13)25/h1-2,4-6,9-12H,3,7-8H2,(H,29,30)(H,23,24,28). The number of aromatic amines is 1. The number of benzene rings is 1. The first-order valence-corrected chi connectivity index (χ1v) is 9.38. The summed E-state index contributed by atoms with van der Waals surface area (Å²) in [4.78, 5) is 30.7. The van der Waals surface area contributed by atoms with Gasteiger partial charge >= 0.3 is 5.97 Å². The van der Waals surface area contributed by atoms with Crippen molar-refractivity contribution in [1.82, 2.24) is 34.1 Å². The molecule has 0 atom stereocenters. The number of carboxylic acids is 1. The highest BCUT2D eigenvalue weighted by atomic mass is 16.4. The van der Waals surface area contributed by atoms with Crippen LogP contribution in [0.4, 0.5) is 0 Å². The van der Waals surface area contributed by atoms with Crippen molar-refractivity contribution in [1.29, 1.82) is 0 Å². The topological polar surface area (TPSA) is 124 Å². The van der Waals surface area contributed by atoms with Crippen molar-refractivity contribution in [2.75, 3.05) is 0 Å². The van der Waals surface area contributed by atoms with Crippen LogP contribution in [0.15, 0.2) is 59.9 Å². The Morgan fingerprint density at radius 2 is 1.97 bits per heavy atom. The van der Waals surface area contributed by atoms with Gasteiger partial charge in [0.25, 0.3) is 5.56 Å². The van der Waals surface area contributed by atoms with E-state index in [0.717, 1.165) is 13.0 Å². The van der Waals surface area contributed by atoms with E-state index in [-0.39, 0.29) is 17.1 Å². The van der Waals surface area contributed by atoms with E-state index in [0.29, 0.717) is 17.6 Å². The summed E-state index contributed by atoms with van der Waals surface area (Å²) in [6.07, 6.45) is 6.86. The number of H-pyrrole nitrogens is 1. The summed E-state index contributed by atoms with van der Waals surface area (Å²) in [5, 5.41) is 18.5. The number of carboxylic acid groups (broad SMARTS) is 1. The Balaban J connectivity index is 1.38. The molecule has 0 unspecified atom stereocenters. The first-order chi connectivity index (χ1) is 14.6. The third-order valence-electron chi connectivity index (χ3n) is 4.98. The number of para-hydroxylation sites is 1. The molecule has 10 heteroatoms. The SMILES string of the molecule is O=C(O)c1cnn(-c2nc3cnn(CCCn4ccc5ccccc54)c3c(=O)[nH]2)c1. The van der Waals surface area contributed by atoms with Crippen LogP contribution in [0.2, 0.25) is 0 Å². The molecule has 10 nitrogen and oxygen atoms in total. The van der Waals surface area contributed by atoms with Gasteiger partial charge in [-0.25, -0.2) is 14.5 Å². The summed E-state index contributed by atoms with van der Waals surface area (Å²) >= 11 is 0. The fourth-order valence-corrected chi connectivity index (χ4v) is 3.55. The predicted molar refractivity (Wildman–Crippen MR) is 109 cm³/mol. The van der Waals surface area contributed by atoms with Crippen molar-refractivity contribution < 1.29 is 9.90 Å². The number of aromatic nitrogens is 7. The number of hydrogen-bond donors (Lipinski definition) is 2. The van der Waals surface area contributed by atoms with E-state index in [2.05, 4.69) is 49.1 Å². The molecule has 0 amide bonds. The molecular weight excluding hydrogens is 386 g/mol. The lowest BCUT2D eigenvalue weighted by Gasteiger charge is -2.07. The lowest BCUT2D eigenvalue weighted by molar-refractivity contribution is 0.0697. The Bertz CT molecular complexity index is 1440. The van der Waals surface area contributed by atoms with Crippen LogP contribution in [0.5, 0.6) is 0 Å². The highest BCUT2D eigenvalue weighted by Crippen LogP contribution is 2.16. The minimum atomic E-state index is -1.10. The van der Waals surface area contributed by atoms with Crippen LogP contribution in [0, 0.1) is 0 Å². The summed E-state index contributed by atoms with van der Waals surface area (Å²) in [5.74, 6) is -0.966. The lowest BCUT2D eigenvalue weighted by Crippen LogP contribution is -2.17. The normalized spacial score (nSPS) is 11.5. The van der Waals surface area contributed by atoms with Gasteiger partial charge in [0.05, 0.1) is 18.0 Å². The number of fused-ring (bicyclic) bond motifs is 2. The fraction of sp³-hybridized carbons (Fsp3) is 0.150. The average Bonchev–Trinajstić information content (AvgIpc) is 3.47. The van der Waals surface area contributed by atoms with Gasteiger partial charge in [0, 0.05) is 31.0 Å². The maximum absolute atomic E-state index is 12.6. The van der Waals surface area contributed by atoms with Crippen molar-refractivity contribution in [2.45, 2.75) is 19.5 Å². The van der Waals surface area contributed by atoms with Crippen molar-refractivity contribution >= 4 is 27.9 Å². The van der Waals surface area contributed by atoms with Crippen LogP contribution in [0.1, 0.15) is 16.8 Å². The smallest absolute Gasteiger partial charge is 0.338 e. The molecular formula is C20H17N7O3. The van der Waals surface area contributed by atoms with Crippen molar-refractivity contribution in [2.24, 2.45) is 0 Å². The largest absolute Gasteiger partial charge is 0.478 e. The van der Waals surface area contributed by atoms with Gasteiger partial charge in [-0.15, -0.1) is 0 Å². The van der Waals surface area contributed by atoms with Crippen LogP contribution in [-0.4, -0.2) is 45.2 Å². The minimum absolute atomic E-state index is 0.00553. The zero-order chi connectivity index (χ0) is 20.7. The van der Waals surface area contributed by atoms with Gasteiger partial charge in [0.15, 0.2) is 5.52 Å². The molecule has 0 spiro atoms. The molecule has 0 saturated heterocycles. The number of aryl methyl sites for hydroxylation is 2. The zero-order valence-corrected chi connectivity index (χ0v) is 15.8. The van der Waals surface area contributed by atoms with Crippen LogP contribution >= 0.6 is 0 Å². The molecule has 0 saturated carbocycles. The highest BCUT2D eigenvalue weighted by Gasteiger charge is 2.14. The van der Waals surface area contributed by atoms with Gasteiger partial charge in [0.1, 0.15) is 5.52 Å². The quantitative estimate of drug-likeness (QED) is 0.447. The molecule has 0 fully saturated rings. The van der Waals surface area contributed by atoms with E-state index in [9.17, 15) is 9.59 Å². The predicted octanol–water partition coefficient (Wildman–Crippen LogP) is 2.05. The number of rotatable bonds is 6. The molecule has 30 heavy (non-hydrogen) atoms. The number of hydrogen-bond acceptors (Lipinski definition) is 5. The zero-order valence-electron chi connectivity index (χ0n) is 15.8. The second kappa shape index (κ2) is 6.99. The van der Waals surface area contributed by atoms with Crippen LogP contribution in [0.25, 0.3) is 27.9 Å². The molecule has 0 aliphatic heterocycles. The van der Waals surface area contributed by atoms with E-state index in [1.54, 1.807) is 4.68 Å². The van der Waals surface area contributed by atoms with Crippen molar-refractivity contribution in [3.8, 4) is 5.95 Å². The Morgan fingerprint density at radius 3 is 2.80 bits per heavy atom. The van der Waals surface area contributed by atoms with Crippen molar-refractivity contribution in [3.63, 3.8) is 0 Å². The molecule has 2 N–H and O–H groups in total. The van der Waals surface area contributed by atoms with E-state index >= 15 is 0 Å². The summed E-state index contributed by atoms with van der Waals surface area (Å²) in [7, 11) is 0. The molecule has 4 aromatic heterocycles. The second-order valence-electron chi connectivity index (χ2n) is 6.89. The van der Waals surface area contributed by atoms with Crippen LogP contribution < -0.4 is 5.56 Å². The minimum Gasteiger partial charge on any atom is -0.478 e. The summed E-state index contributed by atoms with van der Waals surface area (Å²) < 4.78 is 5.04. The van der Waals surface area contributed by atoms with Crippen LogP contribution in [0.3, 0.4) is 0 Å². The first-order valence-electron chi connectivity index (χ1n) is 9.38. The Hall–Kier alpha value is -4.21. The maximum atomic E-state index is 12.6. The average molecular weight is 403 g/mol. The van der Waals surface area contributed by atoms with Gasteiger partial charge in [-0.1, -0.05) is 18.2 Å². The molecule has 0 bridgehead atoms. The molecule has 4 heterocycles. The number of nitrogens with one attached hydrogen (secondary N) is 1. The molecule has 1 aromatic carbocycles. The van der Waals surface area contributed by atoms with E-state index in [4.69, 9.17) is 5.11 Å². The van der Waals surface area contributed by atoms with E-state index in [1.807, 2.05) is 12.1 Å². The van der Waals surface area contributed by atoms with Gasteiger partial charge in [0.2, 0.25) is 5.95 Å². The van der Waals surface area contributed by atoms with E-state index < -0.39 is 5.97 Å². The Labute approximate surface area is 169 Å². The summed E-state index contributed by atoms with van der Waals surface area (Å²) in [6, 6.07) is 10.3. The van der Waals surface area contributed by atoms with Gasteiger partial charge in [-0.05, 0) is 23.9 Å². The highest BCUT2D eigenvalue weighted by molar-refractivity contribution is 5.87. The summed E-state index contributed by atoms with van der Waals surface area (Å²) in [6.45, 7) is 1.36. The van der Waals surface area contributed by atoms with Crippen LogP contribution in [-0.2, 0) is 13.1 Å². The Morgan fingerprint density at radius 1 is 1.10 bits per heavy atom. The van der Waals surface area contributed by atoms with Gasteiger partial charge in [-0.2, -0.15) is 10.2 Å². The van der Waals surface area contributed by atoms with Gasteiger partial charge in [-0.3, -0.25) is 14.5 Å². The molecule has 150 valence electrons. The number of nitrogens with zero attached hydrogens (tertiary/aromatic N) is 6. The molecule has 0 aliphatic rings. The lowest BCUT2D eigenvalue weighted by atomic mass is 10.2. The first kappa shape index (κ1) is 17.9. The number of carbonyl (C=O) groups is 1. The second-order valence-corrected chi connectivity index (χ2v) is 6.89. The summed E-state index contributed by atoms with van der Waals surface area (Å²) in [5.41, 5.74) is 1.62. The fourth-order valence-electron chi connectivity index (χ4n) is 3.55. The molecule has 0 aliphatic carbocycles. The molecule has 5 rings (SSSR count). The number of aromatic carboxylic acids is 1. The molecule has 0 radical (unpaired) electrons. The van der Waals surface area contributed by atoms with Crippen molar-refractivity contribution in [3.05, 3.63) is 71.0 Å². The maximum Gasteiger partial charge on any atom is 0.338 e. The monoisotopic (exact) mass is 403 g/mol. The molecule has 5 aromatic rings. The van der Waals surface area contributed by atoms with E-state index in [1.165, 1.54) is 34.2 Å². The third kappa shape index (κ3) is 3.04.